The minimum absolute atomic E-state index is 0.0242. The minimum Gasteiger partial charge on any atom is -0.479 e. The van der Waals surface area contributed by atoms with E-state index in [1.165, 1.54) is 0 Å². The Morgan fingerprint density at radius 1 is 1.24 bits per heavy atom. The molecule has 1 unspecified atom stereocenters. The molecule has 1 rings (SSSR count). The summed E-state index contributed by atoms with van der Waals surface area (Å²) in [6.07, 6.45) is -1.57. The maximum absolute atomic E-state index is 11.3. The van der Waals surface area contributed by atoms with E-state index in [0.717, 1.165) is 5.69 Å². The van der Waals surface area contributed by atoms with Crippen molar-refractivity contribution in [2.24, 2.45) is 0 Å². The summed E-state index contributed by atoms with van der Waals surface area (Å²) in [5.74, 6) is -1.74. The molecule has 1 aromatic rings. The number of para-hydroxylation sites is 1. The first-order valence-corrected chi connectivity index (χ1v) is 5.06. The van der Waals surface area contributed by atoms with E-state index in [1.807, 2.05) is 18.2 Å². The van der Waals surface area contributed by atoms with Crippen LogP contribution in [-0.2, 0) is 9.59 Å². The minimum atomic E-state index is -1.57. The summed E-state index contributed by atoms with van der Waals surface area (Å²) in [4.78, 5) is 21.5. The van der Waals surface area contributed by atoms with E-state index in [2.05, 4.69) is 10.6 Å². The molecule has 0 saturated heterocycles. The van der Waals surface area contributed by atoms with Gasteiger partial charge in [-0.3, -0.25) is 4.79 Å². The van der Waals surface area contributed by atoms with Crippen molar-refractivity contribution < 1.29 is 19.8 Å². The molecular formula is C11H14N2O4. The number of aliphatic hydroxyl groups excluding tert-OH is 1. The molecule has 0 spiro atoms. The van der Waals surface area contributed by atoms with Gasteiger partial charge in [0.05, 0.1) is 13.1 Å². The molecule has 1 aromatic carbocycles. The third-order valence-corrected chi connectivity index (χ3v) is 2.00. The van der Waals surface area contributed by atoms with Crippen LogP contribution < -0.4 is 10.6 Å². The summed E-state index contributed by atoms with van der Waals surface area (Å²) in [6, 6.07) is 9.12. The van der Waals surface area contributed by atoms with E-state index in [1.54, 1.807) is 12.1 Å². The Balaban J connectivity index is 2.24. The summed E-state index contributed by atoms with van der Waals surface area (Å²) in [7, 11) is 0. The van der Waals surface area contributed by atoms with Crippen molar-refractivity contribution in [3.05, 3.63) is 30.3 Å². The molecule has 0 aromatic heterocycles. The lowest BCUT2D eigenvalue weighted by Crippen LogP contribution is -2.39. The lowest BCUT2D eigenvalue weighted by atomic mass is 10.3. The Kier molecular flexibility index (Phi) is 4.96. The molecule has 92 valence electrons. The molecule has 0 bridgehead atoms. The predicted octanol–water partition coefficient (Wildman–Crippen LogP) is -0.340. The van der Waals surface area contributed by atoms with Gasteiger partial charge in [-0.1, -0.05) is 18.2 Å². The largest absolute Gasteiger partial charge is 0.479 e. The predicted molar refractivity (Wildman–Crippen MR) is 61.6 cm³/mol. The molecule has 6 heteroatoms. The second kappa shape index (κ2) is 6.49. The maximum Gasteiger partial charge on any atom is 0.334 e. The lowest BCUT2D eigenvalue weighted by molar-refractivity contribution is -0.146. The molecule has 0 fully saturated rings. The van der Waals surface area contributed by atoms with Gasteiger partial charge in [-0.05, 0) is 12.1 Å². The highest BCUT2D eigenvalue weighted by atomic mass is 16.4. The Morgan fingerprint density at radius 2 is 1.88 bits per heavy atom. The van der Waals surface area contributed by atoms with Gasteiger partial charge in [0.25, 0.3) is 0 Å². The van der Waals surface area contributed by atoms with Crippen LogP contribution in [0.15, 0.2) is 30.3 Å². The smallest absolute Gasteiger partial charge is 0.334 e. The van der Waals surface area contributed by atoms with Gasteiger partial charge in [0.2, 0.25) is 5.91 Å². The third kappa shape index (κ3) is 4.98. The number of carbonyl (C=O) groups is 2. The zero-order chi connectivity index (χ0) is 12.7. The van der Waals surface area contributed by atoms with Gasteiger partial charge in [0.1, 0.15) is 0 Å². The first-order chi connectivity index (χ1) is 8.09. The molecule has 4 N–H and O–H groups in total. The number of nitrogens with one attached hydrogen (secondary N) is 2. The average molecular weight is 238 g/mol. The molecular weight excluding hydrogens is 224 g/mol. The number of anilines is 1. The number of hydrogen-bond donors (Lipinski definition) is 4. The monoisotopic (exact) mass is 238 g/mol. The molecule has 6 nitrogen and oxygen atoms in total. The summed E-state index contributed by atoms with van der Waals surface area (Å²) < 4.78 is 0. The van der Waals surface area contributed by atoms with Gasteiger partial charge >= 0.3 is 5.97 Å². The molecule has 0 aliphatic carbocycles. The van der Waals surface area contributed by atoms with Crippen LogP contribution in [0.1, 0.15) is 0 Å². The Morgan fingerprint density at radius 3 is 2.47 bits per heavy atom. The van der Waals surface area contributed by atoms with Gasteiger partial charge in [-0.2, -0.15) is 0 Å². The normalized spacial score (nSPS) is 11.6. The van der Waals surface area contributed by atoms with Gasteiger partial charge in [0.15, 0.2) is 6.10 Å². The number of carbonyl (C=O) groups excluding carboxylic acids is 1. The van der Waals surface area contributed by atoms with E-state index >= 15 is 0 Å². The lowest BCUT2D eigenvalue weighted by Gasteiger charge is -2.09. The van der Waals surface area contributed by atoms with E-state index in [9.17, 15) is 9.59 Å². The standard InChI is InChI=1S/C11H14N2O4/c14-9(11(16)17)6-13-10(15)7-12-8-4-2-1-3-5-8/h1-5,9,12,14H,6-7H2,(H,13,15)(H,16,17). The van der Waals surface area contributed by atoms with Crippen molar-refractivity contribution in [3.63, 3.8) is 0 Å². The van der Waals surface area contributed by atoms with E-state index in [4.69, 9.17) is 10.2 Å². The third-order valence-electron chi connectivity index (χ3n) is 2.00. The maximum atomic E-state index is 11.3. The number of benzene rings is 1. The Labute approximate surface area is 98.3 Å². The van der Waals surface area contributed by atoms with Crippen LogP contribution in [0.5, 0.6) is 0 Å². The summed E-state index contributed by atoms with van der Waals surface area (Å²) in [6.45, 7) is -0.277. The highest BCUT2D eigenvalue weighted by molar-refractivity contribution is 5.81. The van der Waals surface area contributed by atoms with Crippen molar-refractivity contribution in [2.45, 2.75) is 6.10 Å². The van der Waals surface area contributed by atoms with Crippen LogP contribution in [-0.4, -0.2) is 41.3 Å². The molecule has 1 atom stereocenters. The fourth-order valence-electron chi connectivity index (χ4n) is 1.10. The van der Waals surface area contributed by atoms with Gasteiger partial charge in [-0.15, -0.1) is 0 Å². The van der Waals surface area contributed by atoms with Gasteiger partial charge in [-0.25, -0.2) is 4.79 Å². The second-order valence-corrected chi connectivity index (χ2v) is 3.38. The molecule has 0 saturated carbocycles. The number of aliphatic hydroxyl groups is 1. The molecule has 17 heavy (non-hydrogen) atoms. The zero-order valence-corrected chi connectivity index (χ0v) is 9.09. The number of rotatable bonds is 6. The van der Waals surface area contributed by atoms with Crippen LogP contribution in [0.2, 0.25) is 0 Å². The van der Waals surface area contributed by atoms with Gasteiger partial charge in [0, 0.05) is 5.69 Å². The number of aliphatic carboxylic acids is 1. The quantitative estimate of drug-likeness (QED) is 0.543. The topological polar surface area (TPSA) is 98.7 Å². The fourth-order valence-corrected chi connectivity index (χ4v) is 1.10. The molecule has 0 aliphatic heterocycles. The van der Waals surface area contributed by atoms with E-state index in [-0.39, 0.29) is 19.0 Å². The zero-order valence-electron chi connectivity index (χ0n) is 9.09. The second-order valence-electron chi connectivity index (χ2n) is 3.38. The number of hydrogen-bond acceptors (Lipinski definition) is 4. The van der Waals surface area contributed by atoms with Gasteiger partial charge < -0.3 is 20.8 Å². The summed E-state index contributed by atoms with van der Waals surface area (Å²) in [5.41, 5.74) is 0.793. The van der Waals surface area contributed by atoms with Crippen LogP contribution >= 0.6 is 0 Å². The Bertz CT molecular complexity index is 380. The molecule has 1 amide bonds. The van der Waals surface area contributed by atoms with Crippen molar-refractivity contribution in [3.8, 4) is 0 Å². The van der Waals surface area contributed by atoms with Crippen molar-refractivity contribution in [1.82, 2.24) is 5.32 Å². The SMILES string of the molecule is O=C(CNc1ccccc1)NCC(O)C(=O)O. The van der Waals surface area contributed by atoms with Crippen LogP contribution in [0.3, 0.4) is 0 Å². The van der Waals surface area contributed by atoms with Crippen molar-refractivity contribution in [2.75, 3.05) is 18.4 Å². The summed E-state index contributed by atoms with van der Waals surface area (Å²) >= 11 is 0. The number of carboxylic acid groups (broad SMARTS) is 1. The van der Waals surface area contributed by atoms with Crippen LogP contribution in [0, 0.1) is 0 Å². The van der Waals surface area contributed by atoms with Crippen LogP contribution in [0.25, 0.3) is 0 Å². The number of carboxylic acids is 1. The highest BCUT2D eigenvalue weighted by Crippen LogP contribution is 2.03. The highest BCUT2D eigenvalue weighted by Gasteiger charge is 2.13. The first-order valence-electron chi connectivity index (χ1n) is 5.06. The Hall–Kier alpha value is -2.08. The van der Waals surface area contributed by atoms with Crippen molar-refractivity contribution in [1.29, 1.82) is 0 Å². The molecule has 0 aliphatic rings. The van der Waals surface area contributed by atoms with Crippen LogP contribution in [0.4, 0.5) is 5.69 Å². The summed E-state index contributed by atoms with van der Waals surface area (Å²) in [5, 5.41) is 22.5. The molecule has 0 heterocycles. The average Bonchev–Trinajstić information content (AvgIpc) is 2.34. The van der Waals surface area contributed by atoms with E-state index in [0.29, 0.717) is 0 Å². The molecule has 0 radical (unpaired) electrons. The van der Waals surface area contributed by atoms with Crippen molar-refractivity contribution >= 4 is 17.6 Å². The first kappa shape index (κ1) is 13.0. The number of amides is 1. The fraction of sp³-hybridized carbons (Fsp3) is 0.273. The van der Waals surface area contributed by atoms with E-state index < -0.39 is 12.1 Å².